The maximum atomic E-state index is 15.2. The maximum Gasteiger partial charge on any atom is 0.434 e. The lowest BCUT2D eigenvalue weighted by Gasteiger charge is -2.47. The van der Waals surface area contributed by atoms with Crippen LogP contribution in [0.4, 0.5) is 61.5 Å². The maximum absolute atomic E-state index is 15.2. The fraction of sp³-hybridized carbons (Fsp3) is 0.833. The molecular weight excluding hydrogens is 544 g/mol. The predicted octanol–water partition coefficient (Wildman–Crippen LogP) is 6.21. The third-order valence-corrected chi connectivity index (χ3v) is 5.17. The quantitative estimate of drug-likeness (QED) is 0.209. The van der Waals surface area contributed by atoms with Crippen molar-refractivity contribution in [3.8, 4) is 0 Å². The highest BCUT2D eigenvalue weighted by Gasteiger charge is 2.83. The molecule has 0 fully saturated rings. The van der Waals surface area contributed by atoms with Gasteiger partial charge in [0.1, 0.15) is 11.7 Å². The second-order valence-corrected chi connectivity index (χ2v) is 7.67. The number of hydrogen-bond donors (Lipinski definition) is 0. The van der Waals surface area contributed by atoms with Crippen LogP contribution in [0, 0.1) is 0 Å². The van der Waals surface area contributed by atoms with Crippen LogP contribution in [0.2, 0.25) is 0 Å². The molecule has 1 amide bonds. The summed E-state index contributed by atoms with van der Waals surface area (Å²) in [6.07, 6.45) is -36.2. The van der Waals surface area contributed by atoms with Gasteiger partial charge in [0.25, 0.3) is 5.91 Å². The highest BCUT2D eigenvalue weighted by molar-refractivity contribution is 5.86. The summed E-state index contributed by atoms with van der Waals surface area (Å²) in [6, 6.07) is 0. The molecule has 0 aliphatic heterocycles. The highest BCUT2D eigenvalue weighted by Crippen LogP contribution is 2.57. The van der Waals surface area contributed by atoms with Crippen LogP contribution in [0.25, 0.3) is 0 Å². The van der Waals surface area contributed by atoms with E-state index in [0.29, 0.717) is 14.0 Å². The predicted molar refractivity (Wildman–Crippen MR) is 93.8 cm³/mol. The summed E-state index contributed by atoms with van der Waals surface area (Å²) in [5.41, 5.74) is -16.8. The Hall–Kier alpha value is -1.85. The van der Waals surface area contributed by atoms with Gasteiger partial charge in [0.05, 0.1) is 0 Å². The number of hydrogen-bond acceptors (Lipinski definition) is 3. The van der Waals surface area contributed by atoms with Gasteiger partial charge in [0, 0.05) is 13.6 Å². The van der Waals surface area contributed by atoms with E-state index in [9.17, 15) is 61.9 Å². The van der Waals surface area contributed by atoms with Crippen molar-refractivity contribution in [2.75, 3.05) is 13.6 Å². The smallest absolute Gasteiger partial charge is 0.339 e. The fourth-order valence-electron chi connectivity index (χ4n) is 2.97. The number of alkyl halides is 14. The summed E-state index contributed by atoms with van der Waals surface area (Å²) in [7, 11) is 0.512. The van der Waals surface area contributed by atoms with Gasteiger partial charge in [0.2, 0.25) is 0 Å². The Morgan fingerprint density at radius 2 is 1.39 bits per heavy atom. The van der Waals surface area contributed by atoms with Crippen LogP contribution in [0.5, 0.6) is 0 Å². The zero-order chi connectivity index (χ0) is 29.3. The van der Waals surface area contributed by atoms with E-state index >= 15 is 4.39 Å². The molecule has 0 aromatic heterocycles. The van der Waals surface area contributed by atoms with Gasteiger partial charge in [-0.05, 0) is 20.3 Å². The molecule has 0 rings (SSSR count). The highest BCUT2D eigenvalue weighted by atomic mass is 19.4. The van der Waals surface area contributed by atoms with E-state index in [1.165, 1.54) is 0 Å². The SMILES string of the molecule is C=CCN(C)C(=O)C(F)(C(C)OC(F)(F)C(F)(C(F)(F)F)C(C)(CC)OC(F)(F)C(F)F)C(F)(F)F. The molecule has 0 saturated carbocycles. The van der Waals surface area contributed by atoms with Crippen molar-refractivity contribution in [3.63, 3.8) is 0 Å². The minimum absolute atomic E-state index is 0.0760. The first-order valence-electron chi connectivity index (χ1n) is 9.53. The Kier molecular flexibility index (Phi) is 9.95. The summed E-state index contributed by atoms with van der Waals surface area (Å²) in [5.74, 6) is -2.67. The van der Waals surface area contributed by atoms with Crippen LogP contribution in [0.3, 0.4) is 0 Å². The third kappa shape index (κ3) is 5.83. The number of amides is 1. The van der Waals surface area contributed by atoms with E-state index in [0.717, 1.165) is 6.08 Å². The molecule has 4 unspecified atom stereocenters. The monoisotopic (exact) mass is 565 g/mol. The molecule has 36 heavy (non-hydrogen) atoms. The molecule has 0 radical (unpaired) electrons. The molecular formula is C18H21F14NO3. The summed E-state index contributed by atoms with van der Waals surface area (Å²) in [6.45, 7) is 1.74. The summed E-state index contributed by atoms with van der Waals surface area (Å²) in [5, 5.41) is 0. The van der Waals surface area contributed by atoms with Gasteiger partial charge in [-0.2, -0.15) is 43.9 Å². The van der Waals surface area contributed by atoms with Crippen LogP contribution in [-0.2, 0) is 14.3 Å². The van der Waals surface area contributed by atoms with E-state index in [4.69, 9.17) is 0 Å². The second kappa shape index (κ2) is 10.5. The third-order valence-electron chi connectivity index (χ3n) is 5.17. The average Bonchev–Trinajstić information content (AvgIpc) is 2.69. The van der Waals surface area contributed by atoms with E-state index < -0.39 is 79.8 Å². The summed E-state index contributed by atoms with van der Waals surface area (Å²) < 4.78 is 199. The molecule has 0 heterocycles. The van der Waals surface area contributed by atoms with Crippen molar-refractivity contribution in [2.24, 2.45) is 0 Å². The van der Waals surface area contributed by atoms with Gasteiger partial charge in [-0.25, -0.2) is 17.6 Å². The van der Waals surface area contributed by atoms with Gasteiger partial charge >= 0.3 is 42.3 Å². The molecule has 18 heteroatoms. The van der Waals surface area contributed by atoms with Gasteiger partial charge in [-0.15, -0.1) is 6.58 Å². The standard InChI is InChI=1S/C18H21F14NO3/c1-6-8-33(5)11(34)13(21,16(25,26)27)9(3)35-18(31,32)15(24,17(28,29)30)12(4,7-2)36-14(22,23)10(19)20/h6,9-10H,1,7-8H2,2-5H3. The second-order valence-electron chi connectivity index (χ2n) is 7.67. The molecule has 0 aliphatic rings. The Morgan fingerprint density at radius 1 is 0.944 bits per heavy atom. The van der Waals surface area contributed by atoms with Crippen LogP contribution >= 0.6 is 0 Å². The van der Waals surface area contributed by atoms with Gasteiger partial charge in [-0.1, -0.05) is 13.0 Å². The molecule has 4 atom stereocenters. The molecule has 214 valence electrons. The van der Waals surface area contributed by atoms with Gasteiger partial charge < -0.3 is 14.4 Å². The fourth-order valence-corrected chi connectivity index (χ4v) is 2.97. The Labute approximate surface area is 195 Å². The summed E-state index contributed by atoms with van der Waals surface area (Å²) >= 11 is 0. The van der Waals surface area contributed by atoms with Crippen LogP contribution in [0.15, 0.2) is 12.7 Å². The number of likely N-dealkylation sites (N-methyl/N-ethyl adjacent to an activating group) is 1. The van der Waals surface area contributed by atoms with Crippen LogP contribution in [0.1, 0.15) is 27.2 Å². The van der Waals surface area contributed by atoms with Crippen LogP contribution < -0.4 is 0 Å². The lowest BCUT2D eigenvalue weighted by Crippen LogP contribution is -2.72. The first-order chi connectivity index (χ1) is 15.7. The normalized spacial score (nSPS) is 19.8. The first kappa shape index (κ1) is 34.1. The average molecular weight is 565 g/mol. The molecule has 0 aliphatic carbocycles. The number of carbonyl (C=O) groups excluding carboxylic acids is 1. The minimum atomic E-state index is -7.06. The van der Waals surface area contributed by atoms with Gasteiger partial charge in [0.15, 0.2) is 0 Å². The molecule has 0 aromatic rings. The van der Waals surface area contributed by atoms with E-state index in [2.05, 4.69) is 16.1 Å². The topological polar surface area (TPSA) is 38.8 Å². The molecule has 0 N–H and O–H groups in total. The van der Waals surface area contributed by atoms with Crippen LogP contribution in [-0.4, -0.2) is 78.4 Å². The molecule has 0 saturated heterocycles. The molecule has 4 nitrogen and oxygen atoms in total. The number of nitrogens with zero attached hydrogens (tertiary/aromatic N) is 1. The Balaban J connectivity index is 6.89. The minimum Gasteiger partial charge on any atom is -0.339 e. The van der Waals surface area contributed by atoms with Crippen molar-refractivity contribution in [2.45, 2.75) is 81.2 Å². The molecule has 0 aromatic carbocycles. The van der Waals surface area contributed by atoms with Crippen molar-refractivity contribution < 1.29 is 75.7 Å². The molecule has 0 bridgehead atoms. The van der Waals surface area contributed by atoms with E-state index in [1.807, 2.05) is 0 Å². The number of rotatable bonds is 12. The zero-order valence-electron chi connectivity index (χ0n) is 18.8. The van der Waals surface area contributed by atoms with Crippen molar-refractivity contribution in [3.05, 3.63) is 12.7 Å². The first-order valence-corrected chi connectivity index (χ1v) is 9.53. The largest absolute Gasteiger partial charge is 0.434 e. The Bertz CT molecular complexity index is 786. The van der Waals surface area contributed by atoms with Crippen molar-refractivity contribution in [1.29, 1.82) is 0 Å². The van der Waals surface area contributed by atoms with Crippen molar-refractivity contribution in [1.82, 2.24) is 4.90 Å². The lowest BCUT2D eigenvalue weighted by molar-refractivity contribution is -0.460. The number of halogens is 14. The number of ether oxygens (including phenoxy) is 2. The molecule has 0 spiro atoms. The summed E-state index contributed by atoms with van der Waals surface area (Å²) in [4.78, 5) is 12.0. The van der Waals surface area contributed by atoms with E-state index in [-0.39, 0.29) is 11.8 Å². The van der Waals surface area contributed by atoms with Crippen molar-refractivity contribution >= 4 is 5.91 Å². The number of carbonyl (C=O) groups is 1. The van der Waals surface area contributed by atoms with E-state index in [1.54, 1.807) is 0 Å². The van der Waals surface area contributed by atoms with Gasteiger partial charge in [-0.3, -0.25) is 4.79 Å². The Morgan fingerprint density at radius 3 is 1.69 bits per heavy atom. The zero-order valence-corrected chi connectivity index (χ0v) is 18.8. The lowest BCUT2D eigenvalue weighted by atomic mass is 9.81.